The number of hydrogen-bond acceptors (Lipinski definition) is 2. The van der Waals surface area contributed by atoms with Crippen LogP contribution in [-0.2, 0) is 0 Å². The van der Waals surface area contributed by atoms with Gasteiger partial charge in [0.25, 0.3) is 0 Å². The average Bonchev–Trinajstić information content (AvgIpc) is 2.87. The summed E-state index contributed by atoms with van der Waals surface area (Å²) in [7, 11) is 0. The minimum Gasteiger partial charge on any atom is -0.256 e. The van der Waals surface area contributed by atoms with Crippen LogP contribution in [0, 0.1) is 0 Å². The van der Waals surface area contributed by atoms with Gasteiger partial charge in [0.1, 0.15) is 0 Å². The number of nitrogens with zero attached hydrogens (tertiary/aromatic N) is 2. The standard InChI is InChI=1S/C30H22N2/c1-2-10-23(11-3-1)20-21-26-15-9-19-30(32-26)28-17-6-7-18-29(28)31-22-25-14-8-13-24-12-4-5-16-27(24)25/h1-22H. The molecular weight excluding hydrogens is 388 g/mol. The van der Waals surface area contributed by atoms with Gasteiger partial charge in [0.15, 0.2) is 0 Å². The van der Waals surface area contributed by atoms with Crippen LogP contribution in [0.3, 0.4) is 0 Å². The Labute approximate surface area is 188 Å². The van der Waals surface area contributed by atoms with Gasteiger partial charge < -0.3 is 0 Å². The van der Waals surface area contributed by atoms with Gasteiger partial charge >= 0.3 is 0 Å². The van der Waals surface area contributed by atoms with E-state index in [2.05, 4.69) is 66.7 Å². The number of aromatic nitrogens is 1. The highest BCUT2D eigenvalue weighted by Crippen LogP contribution is 2.29. The third-order valence-electron chi connectivity index (χ3n) is 5.36. The normalized spacial score (nSPS) is 11.5. The van der Waals surface area contributed by atoms with Crippen molar-refractivity contribution in [2.75, 3.05) is 0 Å². The Balaban J connectivity index is 1.47. The van der Waals surface area contributed by atoms with E-state index in [0.717, 1.165) is 33.8 Å². The highest BCUT2D eigenvalue weighted by molar-refractivity contribution is 6.00. The van der Waals surface area contributed by atoms with Crippen LogP contribution in [-0.4, -0.2) is 11.2 Å². The molecule has 4 aromatic carbocycles. The highest BCUT2D eigenvalue weighted by atomic mass is 14.8. The van der Waals surface area contributed by atoms with Crippen molar-refractivity contribution in [1.29, 1.82) is 0 Å². The molecule has 0 saturated carbocycles. The van der Waals surface area contributed by atoms with E-state index in [0.29, 0.717) is 0 Å². The summed E-state index contributed by atoms with van der Waals surface area (Å²) in [5, 5.41) is 2.41. The molecule has 0 fully saturated rings. The number of hydrogen-bond donors (Lipinski definition) is 0. The van der Waals surface area contributed by atoms with Crippen LogP contribution >= 0.6 is 0 Å². The molecule has 0 radical (unpaired) electrons. The van der Waals surface area contributed by atoms with Gasteiger partial charge in [0.2, 0.25) is 0 Å². The number of pyridine rings is 1. The van der Waals surface area contributed by atoms with E-state index in [4.69, 9.17) is 9.98 Å². The molecule has 152 valence electrons. The van der Waals surface area contributed by atoms with Crippen LogP contribution in [0.5, 0.6) is 0 Å². The fourth-order valence-corrected chi connectivity index (χ4v) is 3.74. The van der Waals surface area contributed by atoms with Crippen molar-refractivity contribution in [2.45, 2.75) is 0 Å². The van der Waals surface area contributed by atoms with Crippen molar-refractivity contribution in [3.8, 4) is 11.3 Å². The molecule has 0 N–H and O–H groups in total. The van der Waals surface area contributed by atoms with Crippen molar-refractivity contribution >= 4 is 34.8 Å². The van der Waals surface area contributed by atoms with E-state index in [1.54, 1.807) is 0 Å². The van der Waals surface area contributed by atoms with Gasteiger partial charge in [-0.15, -0.1) is 0 Å². The molecule has 0 aliphatic carbocycles. The molecule has 0 unspecified atom stereocenters. The zero-order valence-corrected chi connectivity index (χ0v) is 17.6. The summed E-state index contributed by atoms with van der Waals surface area (Å²) in [5.74, 6) is 0. The summed E-state index contributed by atoms with van der Waals surface area (Å²) in [4.78, 5) is 9.71. The predicted molar refractivity (Wildman–Crippen MR) is 136 cm³/mol. The molecular formula is C30H22N2. The van der Waals surface area contributed by atoms with Gasteiger partial charge in [0.05, 0.1) is 17.1 Å². The minimum absolute atomic E-state index is 0.900. The maximum absolute atomic E-state index is 4.86. The van der Waals surface area contributed by atoms with Gasteiger partial charge in [-0.3, -0.25) is 4.99 Å². The summed E-state index contributed by atoms with van der Waals surface area (Å²) in [5.41, 5.74) is 5.99. The quantitative estimate of drug-likeness (QED) is 0.271. The van der Waals surface area contributed by atoms with Crippen LogP contribution in [0.1, 0.15) is 16.8 Å². The summed E-state index contributed by atoms with van der Waals surface area (Å²) < 4.78 is 0. The van der Waals surface area contributed by atoms with E-state index >= 15 is 0 Å². The first-order valence-electron chi connectivity index (χ1n) is 10.7. The molecule has 2 heteroatoms. The molecule has 2 nitrogen and oxygen atoms in total. The van der Waals surface area contributed by atoms with Crippen molar-refractivity contribution in [3.05, 3.63) is 132 Å². The molecule has 0 amide bonds. The molecule has 0 aliphatic rings. The highest BCUT2D eigenvalue weighted by Gasteiger charge is 2.06. The fourth-order valence-electron chi connectivity index (χ4n) is 3.74. The van der Waals surface area contributed by atoms with Crippen LogP contribution in [0.15, 0.2) is 120 Å². The van der Waals surface area contributed by atoms with Gasteiger partial charge in [-0.25, -0.2) is 4.98 Å². The van der Waals surface area contributed by atoms with E-state index in [1.807, 2.05) is 66.9 Å². The van der Waals surface area contributed by atoms with Crippen molar-refractivity contribution in [2.24, 2.45) is 4.99 Å². The molecule has 5 aromatic rings. The Morgan fingerprint density at radius 3 is 2.28 bits per heavy atom. The van der Waals surface area contributed by atoms with Gasteiger partial charge in [0, 0.05) is 17.3 Å². The zero-order chi connectivity index (χ0) is 21.6. The summed E-state index contributed by atoms with van der Waals surface area (Å²) in [6, 6.07) is 39.2. The maximum Gasteiger partial charge on any atom is 0.0730 e. The average molecular weight is 411 g/mol. The molecule has 0 aliphatic heterocycles. The molecule has 1 heterocycles. The second-order valence-electron chi connectivity index (χ2n) is 7.54. The summed E-state index contributed by atoms with van der Waals surface area (Å²) in [6.07, 6.45) is 6.07. The number of rotatable bonds is 5. The summed E-state index contributed by atoms with van der Waals surface area (Å²) >= 11 is 0. The van der Waals surface area contributed by atoms with E-state index in [9.17, 15) is 0 Å². The first-order valence-corrected chi connectivity index (χ1v) is 10.7. The van der Waals surface area contributed by atoms with Crippen molar-refractivity contribution in [1.82, 2.24) is 4.98 Å². The number of aliphatic imine (C=N–C) groups is 1. The lowest BCUT2D eigenvalue weighted by atomic mass is 10.1. The van der Waals surface area contributed by atoms with Crippen molar-refractivity contribution < 1.29 is 0 Å². The smallest absolute Gasteiger partial charge is 0.0730 e. The Hall–Kier alpha value is -4.30. The lowest BCUT2D eigenvalue weighted by molar-refractivity contribution is 1.29. The summed E-state index contributed by atoms with van der Waals surface area (Å²) in [6.45, 7) is 0. The second kappa shape index (κ2) is 9.23. The Kier molecular flexibility index (Phi) is 5.67. The van der Waals surface area contributed by atoms with Gasteiger partial charge in [-0.05, 0) is 40.6 Å². The zero-order valence-electron chi connectivity index (χ0n) is 17.6. The third kappa shape index (κ3) is 4.40. The van der Waals surface area contributed by atoms with E-state index in [1.165, 1.54) is 10.8 Å². The number of para-hydroxylation sites is 1. The molecule has 0 spiro atoms. The first kappa shape index (κ1) is 19.7. The van der Waals surface area contributed by atoms with Crippen LogP contribution in [0.2, 0.25) is 0 Å². The third-order valence-corrected chi connectivity index (χ3v) is 5.36. The monoisotopic (exact) mass is 410 g/mol. The van der Waals surface area contributed by atoms with E-state index in [-0.39, 0.29) is 0 Å². The van der Waals surface area contributed by atoms with Crippen molar-refractivity contribution in [3.63, 3.8) is 0 Å². The minimum atomic E-state index is 0.900. The molecule has 0 saturated heterocycles. The van der Waals surface area contributed by atoms with Gasteiger partial charge in [-0.1, -0.05) is 103 Å². The van der Waals surface area contributed by atoms with Crippen LogP contribution in [0.4, 0.5) is 5.69 Å². The lowest BCUT2D eigenvalue weighted by Crippen LogP contribution is -1.88. The topological polar surface area (TPSA) is 25.2 Å². The Bertz CT molecular complexity index is 1410. The lowest BCUT2D eigenvalue weighted by Gasteiger charge is -2.07. The van der Waals surface area contributed by atoms with Gasteiger partial charge in [-0.2, -0.15) is 0 Å². The Morgan fingerprint density at radius 2 is 1.34 bits per heavy atom. The largest absolute Gasteiger partial charge is 0.256 e. The number of fused-ring (bicyclic) bond motifs is 1. The second-order valence-corrected chi connectivity index (χ2v) is 7.54. The number of benzene rings is 4. The maximum atomic E-state index is 4.86. The SMILES string of the molecule is C(=Cc1cccc(-c2ccccc2N=Cc2cccc3ccccc23)n1)c1ccccc1. The fraction of sp³-hybridized carbons (Fsp3) is 0. The molecule has 0 bridgehead atoms. The first-order chi connectivity index (χ1) is 15.9. The predicted octanol–water partition coefficient (Wildman–Crippen LogP) is 7.82. The molecule has 5 rings (SSSR count). The van der Waals surface area contributed by atoms with Crippen LogP contribution in [0.25, 0.3) is 34.2 Å². The molecule has 0 atom stereocenters. The molecule has 1 aromatic heterocycles. The molecule has 32 heavy (non-hydrogen) atoms. The van der Waals surface area contributed by atoms with E-state index < -0.39 is 0 Å². The van der Waals surface area contributed by atoms with Crippen LogP contribution < -0.4 is 0 Å². The Morgan fingerprint density at radius 1 is 0.594 bits per heavy atom.